The van der Waals surface area contributed by atoms with Gasteiger partial charge in [0.1, 0.15) is 5.75 Å². The lowest BCUT2D eigenvalue weighted by Gasteiger charge is -2.35. The highest BCUT2D eigenvalue weighted by Crippen LogP contribution is 2.24. The average Bonchev–Trinajstić information content (AvgIpc) is 3.22. The first-order chi connectivity index (χ1) is 13.3. The third kappa shape index (κ3) is 4.16. The molecule has 0 amide bonds. The van der Waals surface area contributed by atoms with Crippen LogP contribution in [0, 0.1) is 0 Å². The van der Waals surface area contributed by atoms with Crippen molar-refractivity contribution in [3.63, 3.8) is 0 Å². The van der Waals surface area contributed by atoms with E-state index in [2.05, 4.69) is 51.6 Å². The van der Waals surface area contributed by atoms with Crippen LogP contribution in [0.4, 0.5) is 0 Å². The van der Waals surface area contributed by atoms with Crippen molar-refractivity contribution in [2.45, 2.75) is 12.6 Å². The van der Waals surface area contributed by atoms with Crippen LogP contribution in [-0.2, 0) is 11.3 Å². The molecule has 27 heavy (non-hydrogen) atoms. The predicted octanol–water partition coefficient (Wildman–Crippen LogP) is 3.34. The van der Waals surface area contributed by atoms with Crippen molar-refractivity contribution >= 4 is 10.9 Å². The highest BCUT2D eigenvalue weighted by Gasteiger charge is 2.22. The van der Waals surface area contributed by atoms with Gasteiger partial charge in [-0.05, 0) is 35.4 Å². The van der Waals surface area contributed by atoms with E-state index in [0.29, 0.717) is 6.04 Å². The molecule has 0 bridgehead atoms. The van der Waals surface area contributed by atoms with Gasteiger partial charge in [-0.2, -0.15) is 0 Å². The molecule has 1 atom stereocenters. The molecule has 1 aliphatic heterocycles. The van der Waals surface area contributed by atoms with Crippen LogP contribution in [0.2, 0.25) is 0 Å². The molecule has 4 rings (SSSR count). The second-order valence-corrected chi connectivity index (χ2v) is 6.92. The third-order valence-electron chi connectivity index (χ3n) is 5.33. The van der Waals surface area contributed by atoms with E-state index in [9.17, 15) is 0 Å². The first-order valence-corrected chi connectivity index (χ1v) is 9.56. The van der Waals surface area contributed by atoms with Gasteiger partial charge < -0.3 is 19.8 Å². The maximum Gasteiger partial charge on any atom is 0.118 e. The molecule has 1 unspecified atom stereocenters. The van der Waals surface area contributed by atoms with Gasteiger partial charge >= 0.3 is 0 Å². The van der Waals surface area contributed by atoms with Crippen LogP contribution in [-0.4, -0.2) is 49.8 Å². The number of nitrogens with one attached hydrogen (secondary N) is 2. The minimum atomic E-state index is 0.324. The van der Waals surface area contributed by atoms with E-state index in [-0.39, 0.29) is 0 Å². The lowest BCUT2D eigenvalue weighted by molar-refractivity contribution is 0.0161. The molecule has 1 fully saturated rings. The summed E-state index contributed by atoms with van der Waals surface area (Å²) in [6.07, 6.45) is 2.00. The number of aromatic amines is 1. The Labute approximate surface area is 160 Å². The zero-order valence-corrected chi connectivity index (χ0v) is 15.8. The number of hydrogen-bond donors (Lipinski definition) is 2. The maximum absolute atomic E-state index is 5.55. The van der Waals surface area contributed by atoms with Crippen molar-refractivity contribution in [1.29, 1.82) is 0 Å². The molecule has 1 aromatic heterocycles. The standard InChI is InChI=1S/C22H27N3O2/c1-26-19-7-5-17(6-8-19)22(25-11-13-27-14-12-25)16-23-15-18-3-2-4-21-20(18)9-10-24-21/h2-10,22-24H,11-16H2,1H3. The SMILES string of the molecule is COc1ccc(C(CNCc2cccc3[nH]ccc23)N2CCOCC2)cc1. The molecule has 0 aliphatic carbocycles. The quantitative estimate of drug-likeness (QED) is 0.674. The Balaban J connectivity index is 1.47. The second-order valence-electron chi connectivity index (χ2n) is 6.92. The molecule has 0 saturated carbocycles. The van der Waals surface area contributed by atoms with Crippen molar-refractivity contribution < 1.29 is 9.47 Å². The summed E-state index contributed by atoms with van der Waals surface area (Å²) in [5, 5.41) is 4.97. The number of aromatic nitrogens is 1. The number of fused-ring (bicyclic) bond motifs is 1. The molecular weight excluding hydrogens is 338 g/mol. The zero-order valence-electron chi connectivity index (χ0n) is 15.8. The summed E-state index contributed by atoms with van der Waals surface area (Å²) in [6.45, 7) is 5.28. The largest absolute Gasteiger partial charge is 0.497 e. The lowest BCUT2D eigenvalue weighted by Crippen LogP contribution is -2.42. The molecule has 5 nitrogen and oxygen atoms in total. The van der Waals surface area contributed by atoms with Crippen molar-refractivity contribution in [3.8, 4) is 5.75 Å². The van der Waals surface area contributed by atoms with Gasteiger partial charge in [0.25, 0.3) is 0 Å². The summed E-state index contributed by atoms with van der Waals surface area (Å²) < 4.78 is 10.9. The van der Waals surface area contributed by atoms with Crippen molar-refractivity contribution in [2.75, 3.05) is 40.0 Å². The zero-order chi connectivity index (χ0) is 18.5. The molecule has 2 heterocycles. The van der Waals surface area contributed by atoms with E-state index in [0.717, 1.165) is 45.1 Å². The number of nitrogens with zero attached hydrogens (tertiary/aromatic N) is 1. The summed E-state index contributed by atoms with van der Waals surface area (Å²) in [5.41, 5.74) is 3.82. The van der Waals surface area contributed by atoms with E-state index in [4.69, 9.17) is 9.47 Å². The molecule has 2 aromatic carbocycles. The Morgan fingerprint density at radius 2 is 1.93 bits per heavy atom. The van der Waals surface area contributed by atoms with Crippen LogP contribution in [0.3, 0.4) is 0 Å². The smallest absolute Gasteiger partial charge is 0.118 e. The van der Waals surface area contributed by atoms with E-state index < -0.39 is 0 Å². The molecule has 0 radical (unpaired) electrons. The fraction of sp³-hybridized carbons (Fsp3) is 0.364. The summed E-state index contributed by atoms with van der Waals surface area (Å²) in [5.74, 6) is 0.895. The molecule has 3 aromatic rings. The predicted molar refractivity (Wildman–Crippen MR) is 108 cm³/mol. The number of methoxy groups -OCH3 is 1. The molecule has 1 aliphatic rings. The fourth-order valence-electron chi connectivity index (χ4n) is 3.82. The fourth-order valence-corrected chi connectivity index (χ4v) is 3.82. The minimum absolute atomic E-state index is 0.324. The van der Waals surface area contributed by atoms with Gasteiger partial charge in [-0.15, -0.1) is 0 Å². The summed E-state index contributed by atoms with van der Waals surface area (Å²) in [4.78, 5) is 5.79. The number of hydrogen-bond acceptors (Lipinski definition) is 4. The summed E-state index contributed by atoms with van der Waals surface area (Å²) >= 11 is 0. The van der Waals surface area contributed by atoms with Gasteiger partial charge in [-0.3, -0.25) is 4.90 Å². The maximum atomic E-state index is 5.55. The second kappa shape index (κ2) is 8.57. The minimum Gasteiger partial charge on any atom is -0.497 e. The number of morpholine rings is 1. The van der Waals surface area contributed by atoms with Crippen LogP contribution in [0.25, 0.3) is 10.9 Å². The van der Waals surface area contributed by atoms with E-state index in [1.807, 2.05) is 18.3 Å². The van der Waals surface area contributed by atoms with Crippen molar-refractivity contribution in [3.05, 3.63) is 65.9 Å². The highest BCUT2D eigenvalue weighted by molar-refractivity contribution is 5.82. The van der Waals surface area contributed by atoms with E-state index in [1.165, 1.54) is 22.0 Å². The first-order valence-electron chi connectivity index (χ1n) is 9.56. The van der Waals surface area contributed by atoms with Crippen LogP contribution in [0.5, 0.6) is 5.75 Å². The number of benzene rings is 2. The summed E-state index contributed by atoms with van der Waals surface area (Å²) in [6, 6.07) is 17.3. The Bertz CT molecular complexity index is 853. The van der Waals surface area contributed by atoms with E-state index in [1.54, 1.807) is 7.11 Å². The Hall–Kier alpha value is -2.34. The third-order valence-corrected chi connectivity index (χ3v) is 5.33. The van der Waals surface area contributed by atoms with E-state index >= 15 is 0 Å². The van der Waals surface area contributed by atoms with Gasteiger partial charge in [0.05, 0.1) is 20.3 Å². The Kier molecular flexibility index (Phi) is 5.72. The molecule has 5 heteroatoms. The monoisotopic (exact) mass is 365 g/mol. The van der Waals surface area contributed by atoms with Crippen molar-refractivity contribution in [2.24, 2.45) is 0 Å². The van der Waals surface area contributed by atoms with Crippen molar-refractivity contribution in [1.82, 2.24) is 15.2 Å². The van der Waals surface area contributed by atoms with Crippen LogP contribution in [0.15, 0.2) is 54.7 Å². The van der Waals surface area contributed by atoms with Gasteiger partial charge in [-0.25, -0.2) is 0 Å². The van der Waals surface area contributed by atoms with Crippen LogP contribution in [0.1, 0.15) is 17.2 Å². The molecular formula is C22H27N3O2. The van der Waals surface area contributed by atoms with Gasteiger partial charge in [0, 0.05) is 49.3 Å². The lowest BCUT2D eigenvalue weighted by atomic mass is 10.0. The van der Waals surface area contributed by atoms with Gasteiger partial charge in [0.2, 0.25) is 0 Å². The van der Waals surface area contributed by atoms with Crippen LogP contribution >= 0.6 is 0 Å². The normalized spacial score (nSPS) is 16.5. The topological polar surface area (TPSA) is 49.5 Å². The van der Waals surface area contributed by atoms with Crippen LogP contribution < -0.4 is 10.1 Å². The molecule has 2 N–H and O–H groups in total. The highest BCUT2D eigenvalue weighted by atomic mass is 16.5. The molecule has 142 valence electrons. The first kappa shape index (κ1) is 18.0. The summed E-state index contributed by atoms with van der Waals surface area (Å²) in [7, 11) is 1.71. The Morgan fingerprint density at radius 1 is 1.11 bits per heavy atom. The number of ether oxygens (including phenoxy) is 2. The molecule has 0 spiro atoms. The van der Waals surface area contributed by atoms with Gasteiger partial charge in [-0.1, -0.05) is 24.3 Å². The number of H-pyrrole nitrogens is 1. The average molecular weight is 365 g/mol. The Morgan fingerprint density at radius 3 is 2.70 bits per heavy atom. The van der Waals surface area contributed by atoms with Gasteiger partial charge in [0.15, 0.2) is 0 Å². The molecule has 1 saturated heterocycles. The number of rotatable bonds is 7.